The topological polar surface area (TPSA) is 113 Å². The van der Waals surface area contributed by atoms with E-state index in [4.69, 9.17) is 5.73 Å². The highest BCUT2D eigenvalue weighted by Crippen LogP contribution is 2.35. The molecule has 1 aliphatic carbocycles. The van der Waals surface area contributed by atoms with Crippen LogP contribution in [0.15, 0.2) is 18.2 Å². The normalized spacial score (nSPS) is 15.8. The number of fused-ring (bicyclic) bond motifs is 1. The van der Waals surface area contributed by atoms with Gasteiger partial charge in [-0.25, -0.2) is 4.98 Å². The lowest BCUT2D eigenvalue weighted by molar-refractivity contribution is -0.125. The van der Waals surface area contributed by atoms with Gasteiger partial charge in [-0.3, -0.25) is 9.59 Å². The van der Waals surface area contributed by atoms with Crippen LogP contribution < -0.4 is 16.4 Å². The fourth-order valence-corrected chi connectivity index (χ4v) is 2.78. The van der Waals surface area contributed by atoms with E-state index >= 15 is 0 Å². The number of nitrogens with zero attached hydrogens (tertiary/aromatic N) is 1. The molecule has 2 amide bonds. The average molecular weight is 343 g/mol. The molecule has 25 heavy (non-hydrogen) atoms. The van der Waals surface area contributed by atoms with Gasteiger partial charge in [0.15, 0.2) is 0 Å². The van der Waals surface area contributed by atoms with E-state index in [1.165, 1.54) is 19.3 Å². The molecule has 3 rings (SSSR count). The number of nitrogens with two attached hydrogens (primary N) is 1. The fourth-order valence-electron chi connectivity index (χ4n) is 2.78. The maximum atomic E-state index is 12.0. The van der Waals surface area contributed by atoms with Crippen molar-refractivity contribution in [2.75, 3.05) is 11.9 Å². The summed E-state index contributed by atoms with van der Waals surface area (Å²) in [5, 5.41) is 5.34. The molecule has 1 saturated carbocycles. The number of anilines is 1. The number of rotatable bonds is 6. The molecule has 134 valence electrons. The summed E-state index contributed by atoms with van der Waals surface area (Å²) in [4.78, 5) is 31.8. The van der Waals surface area contributed by atoms with E-state index in [2.05, 4.69) is 20.6 Å². The monoisotopic (exact) mass is 343 g/mol. The van der Waals surface area contributed by atoms with Crippen molar-refractivity contribution < 1.29 is 9.59 Å². The quantitative estimate of drug-likeness (QED) is 0.641. The highest BCUT2D eigenvalue weighted by atomic mass is 16.2. The third kappa shape index (κ3) is 3.99. The molecule has 0 bridgehead atoms. The minimum Gasteiger partial charge on any atom is -0.346 e. The first-order valence-electron chi connectivity index (χ1n) is 8.77. The van der Waals surface area contributed by atoms with Crippen molar-refractivity contribution in [1.82, 2.24) is 15.3 Å². The summed E-state index contributed by atoms with van der Waals surface area (Å²) in [6.07, 6.45) is 3.62. The minimum absolute atomic E-state index is 0.0238. The van der Waals surface area contributed by atoms with Gasteiger partial charge in [-0.2, -0.15) is 0 Å². The second kappa shape index (κ2) is 7.23. The Kier molecular flexibility index (Phi) is 5.03. The molecular formula is C18H25N5O2. The molecule has 0 unspecified atom stereocenters. The third-order valence-electron chi connectivity index (χ3n) is 4.72. The minimum atomic E-state index is -0.612. The predicted molar refractivity (Wildman–Crippen MR) is 97.1 cm³/mol. The Hall–Kier alpha value is -2.41. The second-order valence-corrected chi connectivity index (χ2v) is 7.02. The first-order chi connectivity index (χ1) is 11.9. The number of benzene rings is 1. The van der Waals surface area contributed by atoms with E-state index in [1.807, 2.05) is 32.0 Å². The second-order valence-electron chi connectivity index (χ2n) is 7.02. The van der Waals surface area contributed by atoms with Crippen molar-refractivity contribution in [1.29, 1.82) is 0 Å². The molecule has 1 aliphatic rings. The van der Waals surface area contributed by atoms with E-state index in [9.17, 15) is 9.59 Å². The number of hydrogen-bond acceptors (Lipinski definition) is 4. The molecule has 7 nitrogen and oxygen atoms in total. The SMILES string of the molecule is CC(C)[C@H](N)C(=O)NCC(=O)Nc1ccc2nc(C3CCC3)[nH]c2c1. The van der Waals surface area contributed by atoms with E-state index < -0.39 is 6.04 Å². The van der Waals surface area contributed by atoms with Gasteiger partial charge in [0.1, 0.15) is 5.82 Å². The van der Waals surface area contributed by atoms with Gasteiger partial charge in [-0.1, -0.05) is 20.3 Å². The van der Waals surface area contributed by atoms with Gasteiger partial charge in [0, 0.05) is 11.6 Å². The van der Waals surface area contributed by atoms with Crippen LogP contribution in [0.2, 0.25) is 0 Å². The number of amides is 2. The molecule has 1 aromatic carbocycles. The number of nitrogens with one attached hydrogen (secondary N) is 3. The molecular weight excluding hydrogens is 318 g/mol. The van der Waals surface area contributed by atoms with Crippen LogP contribution in [0, 0.1) is 5.92 Å². The van der Waals surface area contributed by atoms with Crippen LogP contribution in [0.1, 0.15) is 44.9 Å². The Balaban J connectivity index is 1.58. The number of H-pyrrole nitrogens is 1. The lowest BCUT2D eigenvalue weighted by atomic mass is 9.85. The van der Waals surface area contributed by atoms with Crippen LogP contribution in [0.4, 0.5) is 5.69 Å². The van der Waals surface area contributed by atoms with Crippen molar-refractivity contribution >= 4 is 28.5 Å². The maximum absolute atomic E-state index is 12.0. The molecule has 1 atom stereocenters. The summed E-state index contributed by atoms with van der Waals surface area (Å²) in [5.74, 6) is 0.975. The Labute approximate surface area is 146 Å². The highest BCUT2D eigenvalue weighted by molar-refractivity contribution is 5.96. The average Bonchev–Trinajstić information content (AvgIpc) is 2.92. The number of carbonyl (C=O) groups excluding carboxylic acids is 2. The lowest BCUT2D eigenvalue weighted by Crippen LogP contribution is -2.46. The number of aromatic nitrogens is 2. The zero-order chi connectivity index (χ0) is 18.0. The van der Waals surface area contributed by atoms with Crippen LogP contribution in [0.3, 0.4) is 0 Å². The Morgan fingerprint density at radius 2 is 2.12 bits per heavy atom. The molecule has 0 aliphatic heterocycles. The molecule has 0 saturated heterocycles. The van der Waals surface area contributed by atoms with E-state index in [0.717, 1.165) is 16.9 Å². The van der Waals surface area contributed by atoms with Crippen molar-refractivity contribution in [3.8, 4) is 0 Å². The Morgan fingerprint density at radius 3 is 2.76 bits per heavy atom. The summed E-state index contributed by atoms with van der Waals surface area (Å²) >= 11 is 0. The number of hydrogen-bond donors (Lipinski definition) is 4. The van der Waals surface area contributed by atoms with Gasteiger partial charge >= 0.3 is 0 Å². The third-order valence-corrected chi connectivity index (χ3v) is 4.72. The van der Waals surface area contributed by atoms with Crippen LogP contribution in [0.5, 0.6) is 0 Å². The lowest BCUT2D eigenvalue weighted by Gasteiger charge is -2.22. The zero-order valence-corrected chi connectivity index (χ0v) is 14.6. The van der Waals surface area contributed by atoms with Crippen molar-refractivity contribution in [2.45, 2.75) is 45.1 Å². The highest BCUT2D eigenvalue weighted by Gasteiger charge is 2.22. The summed E-state index contributed by atoms with van der Waals surface area (Å²) in [5.41, 5.74) is 8.23. The Morgan fingerprint density at radius 1 is 1.36 bits per heavy atom. The van der Waals surface area contributed by atoms with Crippen molar-refractivity contribution in [2.24, 2.45) is 11.7 Å². The standard InChI is InChI=1S/C18H25N5O2/c1-10(2)16(19)18(25)20-9-15(24)21-12-6-7-13-14(8-12)23-17(22-13)11-4-3-5-11/h6-8,10-11,16H,3-5,9,19H2,1-2H3,(H,20,25)(H,21,24)(H,22,23)/t16-/m0/s1. The summed E-state index contributed by atoms with van der Waals surface area (Å²) < 4.78 is 0. The smallest absolute Gasteiger partial charge is 0.243 e. The molecule has 5 N–H and O–H groups in total. The largest absolute Gasteiger partial charge is 0.346 e. The Bertz CT molecular complexity index is 779. The summed E-state index contributed by atoms with van der Waals surface area (Å²) in [6, 6.07) is 4.95. The molecule has 0 radical (unpaired) electrons. The van der Waals surface area contributed by atoms with Crippen LogP contribution in [-0.4, -0.2) is 34.4 Å². The fraction of sp³-hybridized carbons (Fsp3) is 0.500. The first-order valence-corrected chi connectivity index (χ1v) is 8.77. The molecule has 2 aromatic rings. The van der Waals surface area contributed by atoms with E-state index in [0.29, 0.717) is 11.6 Å². The van der Waals surface area contributed by atoms with Crippen LogP contribution in [0.25, 0.3) is 11.0 Å². The van der Waals surface area contributed by atoms with Gasteiger partial charge in [0.25, 0.3) is 0 Å². The molecule has 1 aromatic heterocycles. The van der Waals surface area contributed by atoms with Crippen LogP contribution in [-0.2, 0) is 9.59 Å². The zero-order valence-electron chi connectivity index (χ0n) is 14.6. The summed E-state index contributed by atoms with van der Waals surface area (Å²) in [6.45, 7) is 3.62. The molecule has 0 spiro atoms. The number of aromatic amines is 1. The van der Waals surface area contributed by atoms with Crippen molar-refractivity contribution in [3.63, 3.8) is 0 Å². The van der Waals surface area contributed by atoms with Crippen molar-refractivity contribution in [3.05, 3.63) is 24.0 Å². The molecule has 1 heterocycles. The van der Waals surface area contributed by atoms with E-state index in [1.54, 1.807) is 0 Å². The van der Waals surface area contributed by atoms with Gasteiger partial charge < -0.3 is 21.4 Å². The number of carbonyl (C=O) groups is 2. The summed E-state index contributed by atoms with van der Waals surface area (Å²) in [7, 11) is 0. The maximum Gasteiger partial charge on any atom is 0.243 e. The van der Waals surface area contributed by atoms with Gasteiger partial charge in [-0.05, 0) is 37.0 Å². The number of imidazole rings is 1. The van der Waals surface area contributed by atoms with E-state index in [-0.39, 0.29) is 24.3 Å². The van der Waals surface area contributed by atoms with Gasteiger partial charge in [0.05, 0.1) is 23.6 Å². The molecule has 1 fully saturated rings. The van der Waals surface area contributed by atoms with Gasteiger partial charge in [0.2, 0.25) is 11.8 Å². The molecule has 7 heteroatoms. The van der Waals surface area contributed by atoms with Crippen LogP contribution >= 0.6 is 0 Å². The predicted octanol–water partition coefficient (Wildman–Crippen LogP) is 1.87. The first kappa shape index (κ1) is 17.4. The van der Waals surface area contributed by atoms with Gasteiger partial charge in [-0.15, -0.1) is 0 Å².